The van der Waals surface area contributed by atoms with Crippen molar-refractivity contribution in [3.63, 3.8) is 0 Å². The van der Waals surface area contributed by atoms with Crippen LogP contribution in [0, 0.1) is 5.92 Å². The summed E-state index contributed by atoms with van der Waals surface area (Å²) < 4.78 is 5.85. The van der Waals surface area contributed by atoms with Gasteiger partial charge >= 0.3 is 6.03 Å². The summed E-state index contributed by atoms with van der Waals surface area (Å²) in [5.74, 6) is 0.597. The summed E-state index contributed by atoms with van der Waals surface area (Å²) in [6, 6.07) is 0.308. The van der Waals surface area contributed by atoms with Crippen LogP contribution < -0.4 is 10.6 Å². The Hall–Kier alpha value is -0.810. The van der Waals surface area contributed by atoms with Crippen molar-refractivity contribution in [2.45, 2.75) is 70.6 Å². The van der Waals surface area contributed by atoms with Crippen LogP contribution in [-0.4, -0.2) is 55.9 Å². The smallest absolute Gasteiger partial charge is 0.315 e. The molecule has 2 aliphatic rings. The predicted molar refractivity (Wildman–Crippen MR) is 89.0 cm³/mol. The zero-order chi connectivity index (χ0) is 15.9. The maximum atomic E-state index is 12.0. The van der Waals surface area contributed by atoms with E-state index in [4.69, 9.17) is 4.74 Å². The molecular formula is C17H33N3O2. The lowest BCUT2D eigenvalue weighted by Crippen LogP contribution is -2.47. The second-order valence-corrected chi connectivity index (χ2v) is 7.28. The maximum absolute atomic E-state index is 12.0. The predicted octanol–water partition coefficient (Wildman–Crippen LogP) is 2.36. The summed E-state index contributed by atoms with van der Waals surface area (Å²) in [6.45, 7) is 7.24. The summed E-state index contributed by atoms with van der Waals surface area (Å²) in [6.07, 6.45) is 7.29. The Morgan fingerprint density at radius 2 is 1.95 bits per heavy atom. The first-order valence-corrected chi connectivity index (χ1v) is 8.91. The van der Waals surface area contributed by atoms with Crippen LogP contribution in [0.5, 0.6) is 0 Å². The molecular weight excluding hydrogens is 278 g/mol. The van der Waals surface area contributed by atoms with Crippen molar-refractivity contribution in [1.82, 2.24) is 15.5 Å². The minimum absolute atomic E-state index is 0.00135. The van der Waals surface area contributed by atoms with Gasteiger partial charge in [-0.2, -0.15) is 0 Å². The molecule has 2 amide bonds. The molecule has 1 saturated carbocycles. The van der Waals surface area contributed by atoms with E-state index in [1.807, 2.05) is 0 Å². The minimum Gasteiger partial charge on any atom is -0.376 e. The van der Waals surface area contributed by atoms with E-state index in [0.29, 0.717) is 24.2 Å². The molecule has 0 radical (unpaired) electrons. The van der Waals surface area contributed by atoms with Crippen molar-refractivity contribution in [3.05, 3.63) is 0 Å². The van der Waals surface area contributed by atoms with Crippen molar-refractivity contribution >= 4 is 6.03 Å². The molecule has 0 spiro atoms. The van der Waals surface area contributed by atoms with Crippen molar-refractivity contribution in [2.75, 3.05) is 26.7 Å². The van der Waals surface area contributed by atoms with E-state index in [2.05, 4.69) is 36.4 Å². The molecule has 2 fully saturated rings. The number of nitrogens with one attached hydrogen (secondary N) is 2. The van der Waals surface area contributed by atoms with Crippen LogP contribution in [0.25, 0.3) is 0 Å². The Morgan fingerprint density at radius 1 is 1.23 bits per heavy atom. The molecule has 2 rings (SSSR count). The van der Waals surface area contributed by atoms with Gasteiger partial charge in [-0.25, -0.2) is 4.79 Å². The van der Waals surface area contributed by atoms with E-state index in [1.54, 1.807) is 0 Å². The number of ether oxygens (including phenoxy) is 1. The third-order valence-corrected chi connectivity index (χ3v) is 4.75. The molecule has 1 aliphatic carbocycles. The molecule has 1 unspecified atom stereocenters. The molecule has 1 heterocycles. The van der Waals surface area contributed by atoms with Crippen molar-refractivity contribution in [1.29, 1.82) is 0 Å². The zero-order valence-electron chi connectivity index (χ0n) is 14.4. The van der Waals surface area contributed by atoms with Gasteiger partial charge in [-0.3, -0.25) is 0 Å². The quantitative estimate of drug-likeness (QED) is 0.819. The van der Waals surface area contributed by atoms with E-state index in [9.17, 15) is 4.79 Å². The summed E-state index contributed by atoms with van der Waals surface area (Å²) in [4.78, 5) is 14.4. The van der Waals surface area contributed by atoms with Crippen LogP contribution in [0.3, 0.4) is 0 Å². The fourth-order valence-corrected chi connectivity index (χ4v) is 3.64. The van der Waals surface area contributed by atoms with Gasteiger partial charge < -0.3 is 20.3 Å². The third-order valence-electron chi connectivity index (χ3n) is 4.75. The molecule has 5 heteroatoms. The number of piperidine rings is 1. The van der Waals surface area contributed by atoms with E-state index in [1.165, 1.54) is 19.4 Å². The van der Waals surface area contributed by atoms with E-state index < -0.39 is 0 Å². The van der Waals surface area contributed by atoms with Crippen LogP contribution in [0.2, 0.25) is 0 Å². The normalized spacial score (nSPS) is 30.3. The van der Waals surface area contributed by atoms with Gasteiger partial charge in [0, 0.05) is 19.1 Å². The van der Waals surface area contributed by atoms with E-state index in [0.717, 1.165) is 38.8 Å². The Bertz CT molecular complexity index is 341. The third kappa shape index (κ3) is 6.13. The molecule has 1 aliphatic heterocycles. The van der Waals surface area contributed by atoms with Gasteiger partial charge in [0.05, 0.1) is 12.2 Å². The Labute approximate surface area is 135 Å². The van der Waals surface area contributed by atoms with Crippen LogP contribution in [0.15, 0.2) is 0 Å². The molecule has 2 N–H and O–H groups in total. The number of nitrogens with zero attached hydrogens (tertiary/aromatic N) is 1. The standard InChI is InChI=1S/C17H33N3O2/c1-13(2)22-16-8-6-15(7-9-16)19-17(21)18-11-14-5-4-10-20(3)12-14/h13-16H,4-12H2,1-3H3,(H2,18,19,21). The summed E-state index contributed by atoms with van der Waals surface area (Å²) in [5, 5.41) is 6.18. The van der Waals surface area contributed by atoms with Gasteiger partial charge in [0.1, 0.15) is 0 Å². The largest absolute Gasteiger partial charge is 0.376 e. The SMILES string of the molecule is CC(C)OC1CCC(NC(=O)NCC2CCCN(C)C2)CC1. The monoisotopic (exact) mass is 311 g/mol. The summed E-state index contributed by atoms with van der Waals surface area (Å²) in [5.41, 5.74) is 0. The average molecular weight is 311 g/mol. The fourth-order valence-electron chi connectivity index (χ4n) is 3.64. The lowest BCUT2D eigenvalue weighted by Gasteiger charge is -2.31. The first kappa shape index (κ1) is 17.5. The number of amides is 2. The highest BCUT2D eigenvalue weighted by atomic mass is 16.5. The van der Waals surface area contributed by atoms with E-state index in [-0.39, 0.29) is 6.03 Å². The van der Waals surface area contributed by atoms with Crippen LogP contribution in [-0.2, 0) is 4.74 Å². The highest BCUT2D eigenvalue weighted by Gasteiger charge is 2.24. The topological polar surface area (TPSA) is 53.6 Å². The zero-order valence-corrected chi connectivity index (χ0v) is 14.4. The molecule has 22 heavy (non-hydrogen) atoms. The molecule has 0 bridgehead atoms. The molecule has 128 valence electrons. The van der Waals surface area contributed by atoms with Gasteiger partial charge in [0.15, 0.2) is 0 Å². The lowest BCUT2D eigenvalue weighted by atomic mass is 9.93. The maximum Gasteiger partial charge on any atom is 0.315 e. The van der Waals surface area contributed by atoms with Gasteiger partial charge in [0.25, 0.3) is 0 Å². The highest BCUT2D eigenvalue weighted by Crippen LogP contribution is 2.22. The Morgan fingerprint density at radius 3 is 2.59 bits per heavy atom. The molecule has 0 aromatic rings. The van der Waals surface area contributed by atoms with Crippen LogP contribution in [0.4, 0.5) is 4.79 Å². The number of carbonyl (C=O) groups is 1. The average Bonchev–Trinajstić information content (AvgIpc) is 2.47. The number of rotatable bonds is 5. The van der Waals surface area contributed by atoms with Gasteiger partial charge in [-0.05, 0) is 71.9 Å². The second kappa shape index (κ2) is 8.73. The van der Waals surface area contributed by atoms with Crippen molar-refractivity contribution < 1.29 is 9.53 Å². The van der Waals surface area contributed by atoms with Crippen molar-refractivity contribution in [2.24, 2.45) is 5.92 Å². The van der Waals surface area contributed by atoms with E-state index >= 15 is 0 Å². The summed E-state index contributed by atoms with van der Waals surface area (Å²) in [7, 11) is 2.16. The number of hydrogen-bond donors (Lipinski definition) is 2. The summed E-state index contributed by atoms with van der Waals surface area (Å²) >= 11 is 0. The Balaban J connectivity index is 1.59. The highest BCUT2D eigenvalue weighted by molar-refractivity contribution is 5.74. The van der Waals surface area contributed by atoms with Crippen LogP contribution >= 0.6 is 0 Å². The molecule has 1 saturated heterocycles. The Kier molecular flexibility index (Phi) is 6.96. The number of likely N-dealkylation sites (tertiary alicyclic amines) is 1. The van der Waals surface area contributed by atoms with Crippen LogP contribution in [0.1, 0.15) is 52.4 Å². The molecule has 0 aromatic carbocycles. The first-order chi connectivity index (χ1) is 10.5. The molecule has 1 atom stereocenters. The van der Waals surface area contributed by atoms with Gasteiger partial charge in [-0.1, -0.05) is 0 Å². The minimum atomic E-state index is 0.00135. The van der Waals surface area contributed by atoms with Crippen molar-refractivity contribution in [3.8, 4) is 0 Å². The van der Waals surface area contributed by atoms with Gasteiger partial charge in [0.2, 0.25) is 0 Å². The number of carbonyl (C=O) groups excluding carboxylic acids is 1. The first-order valence-electron chi connectivity index (χ1n) is 8.91. The molecule has 5 nitrogen and oxygen atoms in total. The number of urea groups is 1. The second-order valence-electron chi connectivity index (χ2n) is 7.28. The fraction of sp³-hybridized carbons (Fsp3) is 0.941. The molecule has 0 aromatic heterocycles. The lowest BCUT2D eigenvalue weighted by molar-refractivity contribution is -0.0155. The van der Waals surface area contributed by atoms with Gasteiger partial charge in [-0.15, -0.1) is 0 Å². The number of hydrogen-bond acceptors (Lipinski definition) is 3.